The summed E-state index contributed by atoms with van der Waals surface area (Å²) in [7, 11) is 1.58. The lowest BCUT2D eigenvalue weighted by molar-refractivity contribution is 0.0748. The Bertz CT molecular complexity index is 1040. The summed E-state index contributed by atoms with van der Waals surface area (Å²) < 4.78 is 5.14. The Labute approximate surface area is 182 Å². The summed E-state index contributed by atoms with van der Waals surface area (Å²) in [6.45, 7) is 2.81. The molecule has 1 aliphatic heterocycles. The Morgan fingerprint density at radius 1 is 0.806 bits per heavy atom. The number of ether oxygens (including phenoxy) is 1. The van der Waals surface area contributed by atoms with E-state index in [1.54, 1.807) is 43.5 Å². The van der Waals surface area contributed by atoms with Gasteiger partial charge in [0.15, 0.2) is 0 Å². The summed E-state index contributed by atoms with van der Waals surface area (Å²) in [5.74, 6) is 0.344. The van der Waals surface area contributed by atoms with Crippen LogP contribution in [0, 0.1) is 0 Å². The Hall–Kier alpha value is -3.80. The number of anilines is 2. The van der Waals surface area contributed by atoms with Crippen LogP contribution in [0.15, 0.2) is 78.9 Å². The Kier molecular flexibility index (Phi) is 6.17. The molecule has 4 rings (SSSR count). The molecular formula is C25H25N3O3. The molecule has 6 nitrogen and oxygen atoms in total. The Morgan fingerprint density at radius 3 is 2.13 bits per heavy atom. The third kappa shape index (κ3) is 4.69. The van der Waals surface area contributed by atoms with E-state index < -0.39 is 0 Å². The zero-order chi connectivity index (χ0) is 21.6. The fraction of sp³-hybridized carbons (Fsp3) is 0.200. The maximum absolute atomic E-state index is 13.2. The monoisotopic (exact) mass is 415 g/mol. The lowest BCUT2D eigenvalue weighted by Gasteiger charge is -2.36. The molecule has 31 heavy (non-hydrogen) atoms. The van der Waals surface area contributed by atoms with Crippen molar-refractivity contribution >= 4 is 23.2 Å². The number of piperazine rings is 1. The van der Waals surface area contributed by atoms with Crippen LogP contribution in [0.25, 0.3) is 0 Å². The van der Waals surface area contributed by atoms with E-state index in [-0.39, 0.29) is 11.8 Å². The average Bonchev–Trinajstić information content (AvgIpc) is 2.84. The van der Waals surface area contributed by atoms with E-state index in [1.807, 2.05) is 35.2 Å². The zero-order valence-corrected chi connectivity index (χ0v) is 17.5. The molecule has 1 saturated heterocycles. The molecule has 3 aromatic rings. The van der Waals surface area contributed by atoms with Crippen molar-refractivity contribution in [2.75, 3.05) is 43.5 Å². The van der Waals surface area contributed by atoms with E-state index in [0.29, 0.717) is 35.7 Å². The van der Waals surface area contributed by atoms with Gasteiger partial charge in [-0.25, -0.2) is 0 Å². The Morgan fingerprint density at radius 2 is 1.45 bits per heavy atom. The average molecular weight is 415 g/mol. The van der Waals surface area contributed by atoms with Gasteiger partial charge in [0.1, 0.15) is 5.75 Å². The summed E-state index contributed by atoms with van der Waals surface area (Å²) in [4.78, 5) is 30.0. The number of para-hydroxylation sites is 2. The molecule has 2 amide bonds. The summed E-state index contributed by atoms with van der Waals surface area (Å²) in [5.41, 5.74) is 2.68. The smallest absolute Gasteiger partial charge is 0.256 e. The first-order chi connectivity index (χ1) is 15.2. The standard InChI is InChI=1S/C25H25N3O3/c1-31-21-13-11-19(12-14-21)24(29)26-23-10-6-5-9-22(23)25(30)28-17-15-27(16-18-28)20-7-3-2-4-8-20/h2-14H,15-18H2,1H3,(H,26,29). The van der Waals surface area contributed by atoms with Crippen LogP contribution in [-0.2, 0) is 0 Å². The highest BCUT2D eigenvalue weighted by Gasteiger charge is 2.24. The first kappa shape index (κ1) is 20.5. The number of carbonyl (C=O) groups is 2. The molecule has 0 aliphatic carbocycles. The third-order valence-corrected chi connectivity index (χ3v) is 5.45. The molecule has 1 N–H and O–H groups in total. The Balaban J connectivity index is 1.44. The van der Waals surface area contributed by atoms with Gasteiger partial charge in [0.05, 0.1) is 18.4 Å². The normalized spacial score (nSPS) is 13.6. The molecule has 0 aromatic heterocycles. The van der Waals surface area contributed by atoms with Crippen LogP contribution in [0.1, 0.15) is 20.7 Å². The summed E-state index contributed by atoms with van der Waals surface area (Å²) >= 11 is 0. The first-order valence-electron chi connectivity index (χ1n) is 10.3. The number of amides is 2. The number of rotatable bonds is 5. The van der Waals surface area contributed by atoms with E-state index in [1.165, 1.54) is 5.69 Å². The highest BCUT2D eigenvalue weighted by atomic mass is 16.5. The van der Waals surface area contributed by atoms with Crippen LogP contribution in [0.5, 0.6) is 5.75 Å². The van der Waals surface area contributed by atoms with E-state index >= 15 is 0 Å². The van der Waals surface area contributed by atoms with E-state index in [4.69, 9.17) is 4.74 Å². The van der Waals surface area contributed by atoms with Gasteiger partial charge in [-0.15, -0.1) is 0 Å². The van der Waals surface area contributed by atoms with Gasteiger partial charge in [0.25, 0.3) is 11.8 Å². The molecule has 6 heteroatoms. The SMILES string of the molecule is COc1ccc(C(=O)Nc2ccccc2C(=O)N2CCN(c3ccccc3)CC2)cc1. The maximum atomic E-state index is 13.2. The molecule has 1 fully saturated rings. The molecule has 0 spiro atoms. The predicted molar refractivity (Wildman–Crippen MR) is 122 cm³/mol. The third-order valence-electron chi connectivity index (χ3n) is 5.45. The largest absolute Gasteiger partial charge is 0.497 e. The van der Waals surface area contributed by atoms with Crippen LogP contribution < -0.4 is 15.0 Å². The van der Waals surface area contributed by atoms with Crippen LogP contribution in [0.3, 0.4) is 0 Å². The summed E-state index contributed by atoms with van der Waals surface area (Å²) in [6, 6.07) is 24.2. The molecule has 1 heterocycles. The predicted octanol–water partition coefficient (Wildman–Crippen LogP) is 3.91. The fourth-order valence-electron chi connectivity index (χ4n) is 3.69. The molecule has 0 unspecified atom stereocenters. The van der Waals surface area contributed by atoms with Gasteiger partial charge in [-0.2, -0.15) is 0 Å². The summed E-state index contributed by atoms with van der Waals surface area (Å²) in [6.07, 6.45) is 0. The van der Waals surface area contributed by atoms with Crippen molar-refractivity contribution in [1.29, 1.82) is 0 Å². The number of hydrogen-bond donors (Lipinski definition) is 1. The van der Waals surface area contributed by atoms with Crippen LogP contribution in [0.2, 0.25) is 0 Å². The molecule has 3 aromatic carbocycles. The summed E-state index contributed by atoms with van der Waals surface area (Å²) in [5, 5.41) is 2.88. The van der Waals surface area contributed by atoms with Gasteiger partial charge in [0.2, 0.25) is 0 Å². The van der Waals surface area contributed by atoms with Crippen molar-refractivity contribution < 1.29 is 14.3 Å². The van der Waals surface area contributed by atoms with Crippen molar-refractivity contribution in [3.8, 4) is 5.75 Å². The molecule has 0 bridgehead atoms. The lowest BCUT2D eigenvalue weighted by Crippen LogP contribution is -2.48. The zero-order valence-electron chi connectivity index (χ0n) is 17.5. The minimum absolute atomic E-state index is 0.0710. The van der Waals surface area contributed by atoms with E-state index in [2.05, 4.69) is 22.3 Å². The van der Waals surface area contributed by atoms with Gasteiger partial charge in [-0.05, 0) is 48.5 Å². The minimum Gasteiger partial charge on any atom is -0.497 e. The van der Waals surface area contributed by atoms with Crippen molar-refractivity contribution in [2.24, 2.45) is 0 Å². The molecular weight excluding hydrogens is 390 g/mol. The van der Waals surface area contributed by atoms with Crippen LogP contribution in [-0.4, -0.2) is 50.0 Å². The number of carbonyl (C=O) groups excluding carboxylic acids is 2. The van der Waals surface area contributed by atoms with Gasteiger partial charge in [-0.3, -0.25) is 9.59 Å². The number of nitrogens with zero attached hydrogens (tertiary/aromatic N) is 2. The number of nitrogens with one attached hydrogen (secondary N) is 1. The van der Waals surface area contributed by atoms with Gasteiger partial charge < -0.3 is 19.9 Å². The molecule has 0 radical (unpaired) electrons. The fourth-order valence-corrected chi connectivity index (χ4v) is 3.69. The second-order valence-electron chi connectivity index (χ2n) is 7.34. The van der Waals surface area contributed by atoms with Crippen molar-refractivity contribution in [3.63, 3.8) is 0 Å². The highest BCUT2D eigenvalue weighted by molar-refractivity contribution is 6.09. The molecule has 0 saturated carbocycles. The van der Waals surface area contributed by atoms with Crippen molar-refractivity contribution in [2.45, 2.75) is 0 Å². The first-order valence-corrected chi connectivity index (χ1v) is 10.3. The van der Waals surface area contributed by atoms with Gasteiger partial charge >= 0.3 is 0 Å². The quantitative estimate of drug-likeness (QED) is 0.686. The number of benzene rings is 3. The lowest BCUT2D eigenvalue weighted by atomic mass is 10.1. The molecule has 158 valence electrons. The van der Waals surface area contributed by atoms with E-state index in [0.717, 1.165) is 13.1 Å². The second kappa shape index (κ2) is 9.34. The minimum atomic E-state index is -0.267. The number of methoxy groups -OCH3 is 1. The van der Waals surface area contributed by atoms with Gasteiger partial charge in [0, 0.05) is 37.4 Å². The van der Waals surface area contributed by atoms with Crippen LogP contribution in [0.4, 0.5) is 11.4 Å². The van der Waals surface area contributed by atoms with Crippen molar-refractivity contribution in [1.82, 2.24) is 4.90 Å². The van der Waals surface area contributed by atoms with Crippen LogP contribution >= 0.6 is 0 Å². The van der Waals surface area contributed by atoms with Gasteiger partial charge in [-0.1, -0.05) is 30.3 Å². The molecule has 1 aliphatic rings. The van der Waals surface area contributed by atoms with Crippen molar-refractivity contribution in [3.05, 3.63) is 90.0 Å². The molecule has 0 atom stereocenters. The highest BCUT2D eigenvalue weighted by Crippen LogP contribution is 2.21. The van der Waals surface area contributed by atoms with E-state index in [9.17, 15) is 9.59 Å². The topological polar surface area (TPSA) is 61.9 Å². The maximum Gasteiger partial charge on any atom is 0.256 e. The second-order valence-corrected chi connectivity index (χ2v) is 7.34. The number of hydrogen-bond acceptors (Lipinski definition) is 4.